The van der Waals surface area contributed by atoms with Gasteiger partial charge >= 0.3 is 5.97 Å². The molecule has 0 aliphatic carbocycles. The lowest BCUT2D eigenvalue weighted by molar-refractivity contribution is -0.147. The van der Waals surface area contributed by atoms with Gasteiger partial charge in [-0.2, -0.15) is 11.3 Å². The summed E-state index contributed by atoms with van der Waals surface area (Å²) in [5, 5.41) is 4.04. The van der Waals surface area contributed by atoms with Crippen LogP contribution in [0.1, 0.15) is 31.4 Å². The van der Waals surface area contributed by atoms with Gasteiger partial charge in [-0.3, -0.25) is 4.90 Å². The fourth-order valence-corrected chi connectivity index (χ4v) is 3.02. The van der Waals surface area contributed by atoms with Gasteiger partial charge < -0.3 is 4.74 Å². The van der Waals surface area contributed by atoms with Crippen LogP contribution in [0.4, 0.5) is 0 Å². The molecule has 1 aromatic rings. The third kappa shape index (κ3) is 2.13. The summed E-state index contributed by atoms with van der Waals surface area (Å²) >= 11 is 1.62. The van der Waals surface area contributed by atoms with E-state index in [1.165, 1.54) is 13.5 Å². The van der Waals surface area contributed by atoms with E-state index in [1.807, 2.05) is 16.8 Å². The maximum Gasteiger partial charge on any atom is 0.327 e. The number of methoxy groups -OCH3 is 1. The predicted octanol–water partition coefficient (Wildman–Crippen LogP) is 2.45. The van der Waals surface area contributed by atoms with Crippen LogP contribution in [0.2, 0.25) is 0 Å². The van der Waals surface area contributed by atoms with E-state index >= 15 is 0 Å². The van der Waals surface area contributed by atoms with E-state index in [-0.39, 0.29) is 12.0 Å². The van der Waals surface area contributed by atoms with Crippen LogP contribution in [0.5, 0.6) is 0 Å². The van der Waals surface area contributed by atoms with Crippen molar-refractivity contribution in [3.05, 3.63) is 22.4 Å². The Hall–Kier alpha value is -0.870. The molecule has 3 nitrogen and oxygen atoms in total. The Kier molecular flexibility index (Phi) is 3.61. The number of ether oxygens (including phenoxy) is 1. The summed E-state index contributed by atoms with van der Waals surface area (Å²) in [4.78, 5) is 14.1. The zero-order valence-corrected chi connectivity index (χ0v) is 10.5. The molecule has 2 rings (SSSR count). The largest absolute Gasteiger partial charge is 0.468 e. The summed E-state index contributed by atoms with van der Waals surface area (Å²) in [5.41, 5.74) is 1.06. The van der Waals surface area contributed by atoms with Crippen LogP contribution >= 0.6 is 11.3 Å². The maximum absolute atomic E-state index is 11.9. The number of hydrogen-bond acceptors (Lipinski definition) is 4. The van der Waals surface area contributed by atoms with Crippen molar-refractivity contribution in [3.63, 3.8) is 0 Å². The topological polar surface area (TPSA) is 29.5 Å². The van der Waals surface area contributed by atoms with E-state index in [2.05, 4.69) is 11.8 Å². The maximum atomic E-state index is 11.9. The standard InChI is InChI=1S/C12H17NO2S/c1-9-4-3-6-13(9)11(12(14)15-2)10-5-7-16-8-10/h5,7-9,11H,3-4,6H2,1-2H3/t9-,11-/m1/s1. The van der Waals surface area contributed by atoms with Crippen molar-refractivity contribution in [1.29, 1.82) is 0 Å². The minimum absolute atomic E-state index is 0.146. The van der Waals surface area contributed by atoms with Gasteiger partial charge in [0.2, 0.25) is 0 Å². The van der Waals surface area contributed by atoms with Gasteiger partial charge in [0.15, 0.2) is 0 Å². The zero-order chi connectivity index (χ0) is 11.5. The minimum atomic E-state index is -0.214. The van der Waals surface area contributed by atoms with Gasteiger partial charge in [-0.25, -0.2) is 4.79 Å². The molecule has 0 radical (unpaired) electrons. The average molecular weight is 239 g/mol. The van der Waals surface area contributed by atoms with E-state index in [0.29, 0.717) is 6.04 Å². The highest BCUT2D eigenvalue weighted by atomic mass is 32.1. The summed E-state index contributed by atoms with van der Waals surface area (Å²) in [7, 11) is 1.46. The second-order valence-corrected chi connectivity index (χ2v) is 4.99. The first-order chi connectivity index (χ1) is 7.74. The van der Waals surface area contributed by atoms with Crippen LogP contribution in [0.3, 0.4) is 0 Å². The SMILES string of the molecule is COC(=O)[C@@H](c1ccsc1)N1CCC[C@H]1C. The Morgan fingerprint density at radius 1 is 1.69 bits per heavy atom. The number of rotatable bonds is 3. The lowest BCUT2D eigenvalue weighted by Gasteiger charge is -2.28. The van der Waals surface area contributed by atoms with E-state index in [0.717, 1.165) is 18.5 Å². The number of likely N-dealkylation sites (tertiary alicyclic amines) is 1. The van der Waals surface area contributed by atoms with Crippen molar-refractivity contribution in [2.24, 2.45) is 0 Å². The van der Waals surface area contributed by atoms with Gasteiger partial charge in [-0.15, -0.1) is 0 Å². The zero-order valence-electron chi connectivity index (χ0n) is 9.68. The number of carbonyl (C=O) groups is 1. The highest BCUT2D eigenvalue weighted by molar-refractivity contribution is 7.08. The molecule has 2 heterocycles. The lowest BCUT2D eigenvalue weighted by atomic mass is 10.1. The van der Waals surface area contributed by atoms with Crippen LogP contribution in [-0.2, 0) is 9.53 Å². The van der Waals surface area contributed by atoms with Gasteiger partial charge in [-0.05, 0) is 48.7 Å². The molecule has 0 N–H and O–H groups in total. The molecule has 0 bridgehead atoms. The highest BCUT2D eigenvalue weighted by Crippen LogP contribution is 2.31. The van der Waals surface area contributed by atoms with E-state index in [9.17, 15) is 4.79 Å². The number of nitrogens with zero attached hydrogens (tertiary/aromatic N) is 1. The Bertz CT molecular complexity index is 350. The van der Waals surface area contributed by atoms with Crippen molar-refractivity contribution in [2.45, 2.75) is 31.8 Å². The monoisotopic (exact) mass is 239 g/mol. The Morgan fingerprint density at radius 3 is 3.00 bits per heavy atom. The lowest BCUT2D eigenvalue weighted by Crippen LogP contribution is -2.36. The van der Waals surface area contributed by atoms with Crippen molar-refractivity contribution in [2.75, 3.05) is 13.7 Å². The Balaban J connectivity index is 2.24. The van der Waals surface area contributed by atoms with Gasteiger partial charge in [0, 0.05) is 6.04 Å². The quantitative estimate of drug-likeness (QED) is 0.759. The first-order valence-electron chi connectivity index (χ1n) is 5.59. The molecule has 88 valence electrons. The van der Waals surface area contributed by atoms with Crippen molar-refractivity contribution >= 4 is 17.3 Å². The molecule has 1 fully saturated rings. The van der Waals surface area contributed by atoms with E-state index in [1.54, 1.807) is 11.3 Å². The fourth-order valence-electron chi connectivity index (χ4n) is 2.34. The fraction of sp³-hybridized carbons (Fsp3) is 0.583. The molecule has 1 aromatic heterocycles. The van der Waals surface area contributed by atoms with Gasteiger partial charge in [0.05, 0.1) is 7.11 Å². The molecule has 4 heteroatoms. The third-order valence-electron chi connectivity index (χ3n) is 3.22. The second kappa shape index (κ2) is 4.97. The number of thiophene rings is 1. The molecule has 1 aliphatic rings. The Labute approximate surface area is 100 Å². The summed E-state index contributed by atoms with van der Waals surface area (Å²) in [6, 6.07) is 2.26. The molecule has 0 aromatic carbocycles. The molecule has 0 spiro atoms. The molecule has 1 aliphatic heterocycles. The number of esters is 1. The normalized spacial score (nSPS) is 23.2. The van der Waals surface area contributed by atoms with Gasteiger partial charge in [0.1, 0.15) is 6.04 Å². The second-order valence-electron chi connectivity index (χ2n) is 4.21. The molecule has 0 amide bonds. The third-order valence-corrected chi connectivity index (χ3v) is 3.92. The van der Waals surface area contributed by atoms with Crippen LogP contribution < -0.4 is 0 Å². The van der Waals surface area contributed by atoms with Gasteiger partial charge in [-0.1, -0.05) is 0 Å². The molecular formula is C12H17NO2S. The summed E-state index contributed by atoms with van der Waals surface area (Å²) in [6.45, 7) is 3.16. The van der Waals surface area contributed by atoms with Crippen LogP contribution in [0.25, 0.3) is 0 Å². The van der Waals surface area contributed by atoms with Crippen molar-refractivity contribution in [1.82, 2.24) is 4.90 Å². The molecule has 2 atom stereocenters. The van der Waals surface area contributed by atoms with Crippen LogP contribution in [0.15, 0.2) is 16.8 Å². The summed E-state index contributed by atoms with van der Waals surface area (Å²) in [5.74, 6) is -0.146. The van der Waals surface area contributed by atoms with Crippen molar-refractivity contribution in [3.8, 4) is 0 Å². The molecule has 16 heavy (non-hydrogen) atoms. The molecule has 0 saturated carbocycles. The summed E-state index contributed by atoms with van der Waals surface area (Å²) < 4.78 is 4.92. The Morgan fingerprint density at radius 2 is 2.50 bits per heavy atom. The first-order valence-corrected chi connectivity index (χ1v) is 6.54. The highest BCUT2D eigenvalue weighted by Gasteiger charge is 2.34. The molecule has 0 unspecified atom stereocenters. The smallest absolute Gasteiger partial charge is 0.327 e. The summed E-state index contributed by atoms with van der Waals surface area (Å²) in [6.07, 6.45) is 2.33. The van der Waals surface area contributed by atoms with E-state index < -0.39 is 0 Å². The van der Waals surface area contributed by atoms with Crippen LogP contribution in [-0.4, -0.2) is 30.6 Å². The van der Waals surface area contributed by atoms with Crippen molar-refractivity contribution < 1.29 is 9.53 Å². The van der Waals surface area contributed by atoms with Gasteiger partial charge in [0.25, 0.3) is 0 Å². The minimum Gasteiger partial charge on any atom is -0.468 e. The number of carbonyl (C=O) groups excluding carboxylic acids is 1. The van der Waals surface area contributed by atoms with E-state index in [4.69, 9.17) is 4.74 Å². The number of hydrogen-bond donors (Lipinski definition) is 0. The average Bonchev–Trinajstić information content (AvgIpc) is 2.92. The van der Waals surface area contributed by atoms with Crippen LogP contribution in [0, 0.1) is 0 Å². The predicted molar refractivity (Wildman–Crippen MR) is 64.5 cm³/mol. The molecule has 1 saturated heterocycles. The first kappa shape index (κ1) is 11.6. The molecular weight excluding hydrogens is 222 g/mol.